The van der Waals surface area contributed by atoms with Crippen molar-refractivity contribution in [2.45, 2.75) is 13.1 Å². The van der Waals surface area contributed by atoms with Crippen molar-refractivity contribution in [3.05, 3.63) is 49.5 Å². The van der Waals surface area contributed by atoms with E-state index < -0.39 is 0 Å². The van der Waals surface area contributed by atoms with Crippen molar-refractivity contribution >= 4 is 27.7 Å². The van der Waals surface area contributed by atoms with E-state index in [0.29, 0.717) is 6.54 Å². The van der Waals surface area contributed by atoms with Gasteiger partial charge in [-0.05, 0) is 28.5 Å². The summed E-state index contributed by atoms with van der Waals surface area (Å²) in [6.07, 6.45) is 0. The maximum atomic E-state index is 10.5. The summed E-state index contributed by atoms with van der Waals surface area (Å²) in [5.74, 6) is 0. The van der Waals surface area contributed by atoms with Crippen molar-refractivity contribution in [3.63, 3.8) is 0 Å². The van der Waals surface area contributed by atoms with E-state index in [1.165, 1.54) is 16.9 Å². The Balaban J connectivity index is 1.83. The Bertz CT molecular complexity index is 465. The first kappa shape index (κ1) is 11.3. The molecule has 6 heteroatoms. The van der Waals surface area contributed by atoms with Gasteiger partial charge in [-0.3, -0.25) is 10.1 Å². The number of hydrogen-bond donors (Lipinski definition) is 1. The van der Waals surface area contributed by atoms with Crippen LogP contribution in [0.4, 0.5) is 5.00 Å². The first-order chi connectivity index (χ1) is 7.75. The maximum Gasteiger partial charge on any atom is 0.324 e. The normalized spacial score (nSPS) is 10.5. The van der Waals surface area contributed by atoms with Gasteiger partial charge in [-0.15, -0.1) is 0 Å². The summed E-state index contributed by atoms with van der Waals surface area (Å²) >= 11 is 2.89. The molecule has 16 heavy (non-hydrogen) atoms. The topological polar surface area (TPSA) is 55.2 Å². The van der Waals surface area contributed by atoms with Gasteiger partial charge >= 0.3 is 5.00 Å². The summed E-state index contributed by atoms with van der Waals surface area (Å²) in [4.78, 5) is 11.1. The van der Waals surface area contributed by atoms with E-state index in [9.17, 15) is 10.1 Å². The number of nitrogens with zero attached hydrogens (tertiary/aromatic N) is 1. The second-order valence-corrected chi connectivity index (χ2v) is 5.16. The van der Waals surface area contributed by atoms with Gasteiger partial charge in [0.2, 0.25) is 0 Å². The minimum absolute atomic E-state index is 0.201. The number of hydrogen-bond acceptors (Lipinski definition) is 5. The van der Waals surface area contributed by atoms with Crippen LogP contribution < -0.4 is 5.32 Å². The fraction of sp³-hybridized carbons (Fsp3) is 0.200. The Kier molecular flexibility index (Phi) is 3.66. The molecule has 0 spiro atoms. The van der Waals surface area contributed by atoms with E-state index in [2.05, 4.69) is 16.8 Å². The zero-order valence-electron chi connectivity index (χ0n) is 8.38. The molecule has 0 radical (unpaired) electrons. The molecule has 4 nitrogen and oxygen atoms in total. The van der Waals surface area contributed by atoms with Gasteiger partial charge in [0.1, 0.15) is 0 Å². The van der Waals surface area contributed by atoms with Crippen molar-refractivity contribution in [1.82, 2.24) is 5.32 Å². The molecule has 0 bridgehead atoms. The number of nitrogens with one attached hydrogen (secondary N) is 1. The van der Waals surface area contributed by atoms with Crippen LogP contribution in [0, 0.1) is 10.1 Å². The molecule has 2 rings (SSSR count). The van der Waals surface area contributed by atoms with Crippen LogP contribution in [0.2, 0.25) is 0 Å². The highest BCUT2D eigenvalue weighted by Crippen LogP contribution is 2.23. The zero-order chi connectivity index (χ0) is 11.4. The van der Waals surface area contributed by atoms with Gasteiger partial charge in [-0.25, -0.2) is 0 Å². The molecule has 0 atom stereocenters. The van der Waals surface area contributed by atoms with Crippen LogP contribution in [-0.4, -0.2) is 4.92 Å². The minimum Gasteiger partial charge on any atom is -0.308 e. The Morgan fingerprint density at radius 3 is 2.81 bits per heavy atom. The van der Waals surface area contributed by atoms with Gasteiger partial charge < -0.3 is 5.32 Å². The van der Waals surface area contributed by atoms with Crippen LogP contribution in [0.1, 0.15) is 10.4 Å². The van der Waals surface area contributed by atoms with Crippen LogP contribution >= 0.6 is 22.7 Å². The molecule has 1 N–H and O–H groups in total. The molecule has 0 fully saturated rings. The van der Waals surface area contributed by atoms with E-state index >= 15 is 0 Å². The Labute approximate surface area is 101 Å². The average molecular weight is 254 g/mol. The van der Waals surface area contributed by atoms with E-state index in [0.717, 1.165) is 11.4 Å². The fourth-order valence-electron chi connectivity index (χ4n) is 1.28. The molecular weight excluding hydrogens is 244 g/mol. The lowest BCUT2D eigenvalue weighted by molar-refractivity contribution is -0.380. The summed E-state index contributed by atoms with van der Waals surface area (Å²) in [7, 11) is 0. The molecule has 0 saturated carbocycles. The van der Waals surface area contributed by atoms with Gasteiger partial charge in [0.05, 0.1) is 4.92 Å². The summed E-state index contributed by atoms with van der Waals surface area (Å²) < 4.78 is 0. The molecule has 0 unspecified atom stereocenters. The molecule has 2 heterocycles. The van der Waals surface area contributed by atoms with Crippen LogP contribution in [-0.2, 0) is 13.1 Å². The third kappa shape index (κ3) is 2.88. The highest BCUT2D eigenvalue weighted by atomic mass is 32.1. The predicted molar refractivity (Wildman–Crippen MR) is 65.8 cm³/mol. The molecule has 0 aromatic carbocycles. The molecule has 2 aromatic rings. The van der Waals surface area contributed by atoms with Gasteiger partial charge in [0.15, 0.2) is 0 Å². The molecule has 0 aliphatic heterocycles. The largest absolute Gasteiger partial charge is 0.324 e. The second-order valence-electron chi connectivity index (χ2n) is 3.23. The number of nitro groups is 1. The quantitative estimate of drug-likeness (QED) is 0.659. The van der Waals surface area contributed by atoms with Crippen LogP contribution in [0.5, 0.6) is 0 Å². The van der Waals surface area contributed by atoms with Crippen molar-refractivity contribution in [1.29, 1.82) is 0 Å². The molecule has 0 aliphatic carbocycles. The molecule has 2 aromatic heterocycles. The minimum atomic E-state index is -0.354. The van der Waals surface area contributed by atoms with E-state index in [1.54, 1.807) is 23.5 Å². The number of thiophene rings is 2. The second kappa shape index (κ2) is 5.20. The zero-order valence-corrected chi connectivity index (χ0v) is 10.0. The molecule has 84 valence electrons. The van der Waals surface area contributed by atoms with Crippen LogP contribution in [0.15, 0.2) is 29.0 Å². The van der Waals surface area contributed by atoms with E-state index in [-0.39, 0.29) is 9.92 Å². The highest BCUT2D eigenvalue weighted by Gasteiger charge is 2.08. The lowest BCUT2D eigenvalue weighted by Gasteiger charge is -1.99. The molecular formula is C10H10N2O2S2. The van der Waals surface area contributed by atoms with Crippen molar-refractivity contribution in [3.8, 4) is 0 Å². The molecule has 0 amide bonds. The van der Waals surface area contributed by atoms with Gasteiger partial charge in [-0.2, -0.15) is 11.3 Å². The fourth-order valence-corrected chi connectivity index (χ4v) is 2.74. The SMILES string of the molecule is O=[N+]([O-])c1ccc(CNCc2ccsc2)s1. The summed E-state index contributed by atoms with van der Waals surface area (Å²) in [5.41, 5.74) is 1.25. The average Bonchev–Trinajstić information content (AvgIpc) is 2.87. The Hall–Kier alpha value is -1.24. The first-order valence-corrected chi connectivity index (χ1v) is 6.46. The van der Waals surface area contributed by atoms with Gasteiger partial charge in [0, 0.05) is 24.0 Å². The van der Waals surface area contributed by atoms with Gasteiger partial charge in [-0.1, -0.05) is 11.3 Å². The number of rotatable bonds is 5. The monoisotopic (exact) mass is 254 g/mol. The smallest absolute Gasteiger partial charge is 0.308 e. The highest BCUT2D eigenvalue weighted by molar-refractivity contribution is 7.15. The van der Waals surface area contributed by atoms with Gasteiger partial charge in [0.25, 0.3) is 0 Å². The maximum absolute atomic E-state index is 10.5. The standard InChI is InChI=1S/C10H10N2O2S2/c13-12(14)10-2-1-9(16-10)6-11-5-8-3-4-15-7-8/h1-4,7,11H,5-6H2. The van der Waals surface area contributed by atoms with E-state index in [4.69, 9.17) is 0 Å². The Morgan fingerprint density at radius 2 is 2.19 bits per heavy atom. The molecule has 0 saturated heterocycles. The van der Waals surface area contributed by atoms with Crippen molar-refractivity contribution in [2.75, 3.05) is 0 Å². The summed E-state index contributed by atoms with van der Waals surface area (Å²) in [6, 6.07) is 5.41. The van der Waals surface area contributed by atoms with E-state index in [1.807, 2.05) is 5.38 Å². The van der Waals surface area contributed by atoms with Crippen LogP contribution in [0.25, 0.3) is 0 Å². The summed E-state index contributed by atoms with van der Waals surface area (Å²) in [5, 5.41) is 18.0. The lowest BCUT2D eigenvalue weighted by atomic mass is 10.3. The predicted octanol–water partition coefficient (Wildman–Crippen LogP) is 3.01. The van der Waals surface area contributed by atoms with Crippen molar-refractivity contribution < 1.29 is 4.92 Å². The van der Waals surface area contributed by atoms with Crippen LogP contribution in [0.3, 0.4) is 0 Å². The third-order valence-electron chi connectivity index (χ3n) is 2.04. The molecule has 0 aliphatic rings. The van der Waals surface area contributed by atoms with Crippen molar-refractivity contribution in [2.24, 2.45) is 0 Å². The third-order valence-corrected chi connectivity index (χ3v) is 3.80. The first-order valence-electron chi connectivity index (χ1n) is 4.70. The lowest BCUT2D eigenvalue weighted by Crippen LogP contribution is -2.10. The Morgan fingerprint density at radius 1 is 1.31 bits per heavy atom. The summed E-state index contributed by atoms with van der Waals surface area (Å²) in [6.45, 7) is 1.48.